The number of hydrogen-bond acceptors (Lipinski definition) is 2. The molecule has 1 aliphatic carbocycles. The van der Waals surface area contributed by atoms with Crippen LogP contribution in [0.3, 0.4) is 0 Å². The van der Waals surface area contributed by atoms with Gasteiger partial charge in [-0.1, -0.05) is 46.5 Å². The Balaban J connectivity index is 2.72. The first-order valence-electron chi connectivity index (χ1n) is 9.43. The first-order chi connectivity index (χ1) is 10.1. The number of hydrogen-bond donors (Lipinski definition) is 1. The Labute approximate surface area is 133 Å². The van der Waals surface area contributed by atoms with E-state index < -0.39 is 0 Å². The maximum atomic E-state index is 6.36. The molecule has 0 heterocycles. The van der Waals surface area contributed by atoms with Gasteiger partial charge < -0.3 is 10.1 Å². The summed E-state index contributed by atoms with van der Waals surface area (Å²) in [6.07, 6.45) is 11.8. The summed E-state index contributed by atoms with van der Waals surface area (Å²) in [6, 6.07) is 0.520. The van der Waals surface area contributed by atoms with Crippen molar-refractivity contribution < 1.29 is 4.74 Å². The number of likely N-dealkylation sites (N-methyl/N-ethyl adjacent to an activating group) is 1. The van der Waals surface area contributed by atoms with Gasteiger partial charge in [0.25, 0.3) is 0 Å². The fourth-order valence-corrected chi connectivity index (χ4v) is 4.04. The van der Waals surface area contributed by atoms with E-state index >= 15 is 0 Å². The molecule has 2 atom stereocenters. The van der Waals surface area contributed by atoms with E-state index in [9.17, 15) is 0 Å². The van der Waals surface area contributed by atoms with Crippen LogP contribution in [0.25, 0.3) is 0 Å². The third-order valence-electron chi connectivity index (χ3n) is 5.65. The molecule has 0 aromatic heterocycles. The molecule has 2 unspecified atom stereocenters. The average Bonchev–Trinajstić information content (AvgIpc) is 2.50. The van der Waals surface area contributed by atoms with Crippen molar-refractivity contribution in [2.24, 2.45) is 11.8 Å². The molecule has 1 fully saturated rings. The van der Waals surface area contributed by atoms with Gasteiger partial charge in [0.05, 0.1) is 5.60 Å². The quantitative estimate of drug-likeness (QED) is 0.601. The van der Waals surface area contributed by atoms with Crippen LogP contribution in [0, 0.1) is 11.8 Å². The molecule has 0 aromatic carbocycles. The van der Waals surface area contributed by atoms with Crippen LogP contribution in [0.15, 0.2) is 0 Å². The summed E-state index contributed by atoms with van der Waals surface area (Å²) in [5.74, 6) is 1.72. The minimum Gasteiger partial charge on any atom is -0.374 e. The molecular weight excluding hydrogens is 258 g/mol. The van der Waals surface area contributed by atoms with E-state index in [1.807, 2.05) is 0 Å². The molecule has 0 spiro atoms. The predicted molar refractivity (Wildman–Crippen MR) is 92.8 cm³/mol. The smallest absolute Gasteiger partial charge is 0.0834 e. The number of unbranched alkanes of at least 4 members (excludes halogenated alkanes) is 1. The Kier molecular flexibility index (Phi) is 8.89. The molecule has 1 aliphatic rings. The van der Waals surface area contributed by atoms with Gasteiger partial charge in [-0.15, -0.1) is 0 Å². The average molecular weight is 298 g/mol. The third kappa shape index (κ3) is 5.56. The molecule has 126 valence electrons. The van der Waals surface area contributed by atoms with E-state index in [0.29, 0.717) is 6.04 Å². The van der Waals surface area contributed by atoms with Crippen LogP contribution in [0.4, 0.5) is 0 Å². The highest BCUT2D eigenvalue weighted by atomic mass is 16.5. The lowest BCUT2D eigenvalue weighted by Crippen LogP contribution is -2.54. The van der Waals surface area contributed by atoms with Gasteiger partial charge in [0, 0.05) is 12.6 Å². The minimum atomic E-state index is 0.0929. The monoisotopic (exact) mass is 297 g/mol. The van der Waals surface area contributed by atoms with E-state index in [2.05, 4.69) is 40.1 Å². The van der Waals surface area contributed by atoms with Gasteiger partial charge in [-0.05, 0) is 57.9 Å². The van der Waals surface area contributed by atoms with Crippen LogP contribution in [0.1, 0.15) is 85.5 Å². The molecule has 2 nitrogen and oxygen atoms in total. The van der Waals surface area contributed by atoms with E-state index in [-0.39, 0.29) is 5.60 Å². The molecule has 1 N–H and O–H groups in total. The lowest BCUT2D eigenvalue weighted by Gasteiger charge is -2.45. The lowest BCUT2D eigenvalue weighted by atomic mass is 9.72. The molecule has 0 saturated heterocycles. The van der Waals surface area contributed by atoms with Crippen molar-refractivity contribution in [3.63, 3.8) is 0 Å². The van der Waals surface area contributed by atoms with E-state index in [1.165, 1.54) is 57.8 Å². The SMILES string of the molecule is CCCCC(CC)CC(NC)C1(OCC)CCC(C)CC1. The molecule has 2 heteroatoms. The second-order valence-electron chi connectivity index (χ2n) is 7.17. The number of rotatable bonds is 10. The predicted octanol–water partition coefficient (Wildman–Crippen LogP) is 5.17. The van der Waals surface area contributed by atoms with E-state index in [4.69, 9.17) is 4.74 Å². The summed E-state index contributed by atoms with van der Waals surface area (Å²) in [4.78, 5) is 0. The summed E-state index contributed by atoms with van der Waals surface area (Å²) >= 11 is 0. The van der Waals surface area contributed by atoms with Crippen molar-refractivity contribution in [2.45, 2.75) is 97.1 Å². The van der Waals surface area contributed by atoms with Crippen LogP contribution >= 0.6 is 0 Å². The van der Waals surface area contributed by atoms with E-state index in [1.54, 1.807) is 0 Å². The van der Waals surface area contributed by atoms with Gasteiger partial charge >= 0.3 is 0 Å². The highest BCUT2D eigenvalue weighted by molar-refractivity contribution is 4.97. The molecule has 1 rings (SSSR count). The van der Waals surface area contributed by atoms with Crippen molar-refractivity contribution in [3.05, 3.63) is 0 Å². The molecule has 1 saturated carbocycles. The summed E-state index contributed by atoms with van der Waals surface area (Å²) in [7, 11) is 2.13. The highest BCUT2D eigenvalue weighted by Crippen LogP contribution is 2.39. The van der Waals surface area contributed by atoms with Crippen LogP contribution < -0.4 is 5.32 Å². The molecule has 0 amide bonds. The van der Waals surface area contributed by atoms with Crippen molar-refractivity contribution >= 4 is 0 Å². The standard InChI is InChI=1S/C19H39NO/c1-6-9-10-17(7-2)15-18(20-5)19(21-8-3)13-11-16(4)12-14-19/h16-18,20H,6-15H2,1-5H3. The van der Waals surface area contributed by atoms with Gasteiger partial charge in [-0.2, -0.15) is 0 Å². The maximum Gasteiger partial charge on any atom is 0.0834 e. The zero-order valence-electron chi connectivity index (χ0n) is 15.2. The zero-order chi connectivity index (χ0) is 15.7. The first kappa shape index (κ1) is 19.0. The Morgan fingerprint density at radius 2 is 1.86 bits per heavy atom. The van der Waals surface area contributed by atoms with Gasteiger partial charge in [0.15, 0.2) is 0 Å². The second kappa shape index (κ2) is 9.84. The molecular formula is C19H39NO. The summed E-state index contributed by atoms with van der Waals surface area (Å²) in [5, 5.41) is 3.63. The zero-order valence-corrected chi connectivity index (χ0v) is 15.2. The Morgan fingerprint density at radius 3 is 2.33 bits per heavy atom. The topological polar surface area (TPSA) is 21.3 Å². The Bertz CT molecular complexity index is 258. The fraction of sp³-hybridized carbons (Fsp3) is 1.00. The Morgan fingerprint density at radius 1 is 1.19 bits per heavy atom. The van der Waals surface area contributed by atoms with Crippen LogP contribution in [0.2, 0.25) is 0 Å². The molecule has 21 heavy (non-hydrogen) atoms. The third-order valence-corrected chi connectivity index (χ3v) is 5.65. The Hall–Kier alpha value is -0.0800. The molecule has 0 bridgehead atoms. The van der Waals surface area contributed by atoms with Crippen molar-refractivity contribution in [2.75, 3.05) is 13.7 Å². The van der Waals surface area contributed by atoms with Crippen LogP contribution in [0.5, 0.6) is 0 Å². The van der Waals surface area contributed by atoms with Crippen molar-refractivity contribution in [1.82, 2.24) is 5.32 Å². The highest BCUT2D eigenvalue weighted by Gasteiger charge is 2.41. The summed E-state index contributed by atoms with van der Waals surface area (Å²) in [5.41, 5.74) is 0.0929. The second-order valence-corrected chi connectivity index (χ2v) is 7.17. The van der Waals surface area contributed by atoms with Gasteiger partial charge in [-0.3, -0.25) is 0 Å². The first-order valence-corrected chi connectivity index (χ1v) is 9.43. The number of ether oxygens (including phenoxy) is 1. The summed E-state index contributed by atoms with van der Waals surface area (Å²) < 4.78 is 6.36. The molecule has 0 aromatic rings. The van der Waals surface area contributed by atoms with Gasteiger partial charge in [0.1, 0.15) is 0 Å². The molecule has 0 radical (unpaired) electrons. The minimum absolute atomic E-state index is 0.0929. The maximum absolute atomic E-state index is 6.36. The van der Waals surface area contributed by atoms with Crippen LogP contribution in [-0.4, -0.2) is 25.3 Å². The summed E-state index contributed by atoms with van der Waals surface area (Å²) in [6.45, 7) is 10.0. The van der Waals surface area contributed by atoms with Crippen molar-refractivity contribution in [3.8, 4) is 0 Å². The number of nitrogens with one attached hydrogen (secondary N) is 1. The fourth-order valence-electron chi connectivity index (χ4n) is 4.04. The van der Waals surface area contributed by atoms with Gasteiger partial charge in [-0.25, -0.2) is 0 Å². The van der Waals surface area contributed by atoms with Gasteiger partial charge in [0.2, 0.25) is 0 Å². The normalized spacial score (nSPS) is 29.3. The van der Waals surface area contributed by atoms with Crippen molar-refractivity contribution in [1.29, 1.82) is 0 Å². The largest absolute Gasteiger partial charge is 0.374 e. The lowest BCUT2D eigenvalue weighted by molar-refractivity contribution is -0.0993. The molecule has 0 aliphatic heterocycles. The van der Waals surface area contributed by atoms with Crippen LogP contribution in [-0.2, 0) is 4.74 Å². The van der Waals surface area contributed by atoms with E-state index in [0.717, 1.165) is 18.4 Å².